The van der Waals surface area contributed by atoms with Crippen molar-refractivity contribution in [3.05, 3.63) is 40.2 Å². The summed E-state index contributed by atoms with van der Waals surface area (Å²) < 4.78 is 111. The topological polar surface area (TPSA) is 42.3 Å². The zero-order chi connectivity index (χ0) is 26.8. The Balaban J connectivity index is -0.000000231. The second-order valence-electron chi connectivity index (χ2n) is 5.99. The van der Waals surface area contributed by atoms with E-state index in [4.69, 9.17) is 0 Å². The Morgan fingerprint density at radius 2 is 0.735 bits per heavy atom. The largest absolute Gasteiger partial charge is 4.00 e. The van der Waals surface area contributed by atoms with Crippen LogP contribution in [0.4, 0.5) is 39.5 Å². The van der Waals surface area contributed by atoms with Gasteiger partial charge in [-0.15, -0.1) is 0 Å². The molecule has 0 aromatic heterocycles. The zero-order valence-electron chi connectivity index (χ0n) is 20.3. The third-order valence-electron chi connectivity index (χ3n) is 3.71. The normalized spacial score (nSPS) is 11.6. The Morgan fingerprint density at radius 1 is 0.529 bits per heavy atom. The van der Waals surface area contributed by atoms with Crippen molar-refractivity contribution in [2.75, 3.05) is 39.3 Å². The van der Waals surface area contributed by atoms with Crippen LogP contribution >= 0.6 is 0 Å². The fraction of sp³-hybridized carbons (Fsp3) is 0.750. The molecule has 1 rings (SSSR count). The summed E-state index contributed by atoms with van der Waals surface area (Å²) in [5.74, 6) is 0. The first kappa shape index (κ1) is 41.2. The van der Waals surface area contributed by atoms with E-state index in [-0.39, 0.29) is 38.3 Å². The molecule has 1 aromatic carbocycles. The first-order chi connectivity index (χ1) is 15.1. The monoisotopic (exact) mass is 651 g/mol. The molecule has 34 heavy (non-hydrogen) atoms. The Hall–Kier alpha value is 0.0260. The Kier molecular flexibility index (Phi) is 25.6. The summed E-state index contributed by atoms with van der Waals surface area (Å²) in [6.45, 7) is 18.1. The second kappa shape index (κ2) is 21.1. The predicted octanol–water partition coefficient (Wildman–Crippen LogP) is 7.56. The molecule has 0 N–H and O–H groups in total. The van der Waals surface area contributed by atoms with Gasteiger partial charge in [-0.25, -0.2) is 0 Å². The molecule has 0 bridgehead atoms. The molecule has 0 unspecified atom stereocenters. The molecule has 0 amide bonds. The minimum Gasteiger partial charge on any atom is 4.00 e. The Bertz CT molecular complexity index is 493. The van der Waals surface area contributed by atoms with Crippen molar-refractivity contribution >= 4 is 17.7 Å². The van der Waals surface area contributed by atoms with E-state index in [1.165, 1.54) is 0 Å². The molecule has 0 aliphatic carbocycles. The fourth-order valence-electron chi connectivity index (χ4n) is 2.27. The molecule has 14 heteroatoms. The van der Waals surface area contributed by atoms with Crippen LogP contribution in [-0.4, -0.2) is 67.6 Å². The van der Waals surface area contributed by atoms with E-state index in [1.807, 2.05) is 41.5 Å². The average Bonchev–Trinajstić information content (AvgIpc) is 3.16. The van der Waals surface area contributed by atoms with E-state index < -0.39 is 32.7 Å². The maximum atomic E-state index is 12.6. The molecule has 200 valence electrons. The molecule has 0 atom stereocenters. The van der Waals surface area contributed by atoms with Gasteiger partial charge in [0.15, 0.2) is 0 Å². The van der Waals surface area contributed by atoms with E-state index in [9.17, 15) is 39.5 Å². The van der Waals surface area contributed by atoms with E-state index in [2.05, 4.69) is 16.0 Å². The van der Waals surface area contributed by atoms with Crippen LogP contribution in [0.3, 0.4) is 0 Å². The van der Waals surface area contributed by atoms with Gasteiger partial charge in [0.05, 0.1) is 0 Å². The standard InChI is InChI=1S/C8H4F9Ge.3C4H10N.Zr/c9-6(10,11)18(7(12,13)14,8(15,16)17)5-3-1-2-4-5;3*1-3-5-4-2;/h1-4H;3*3-4H2,1-2H3;/q4*-1;+4. The summed E-state index contributed by atoms with van der Waals surface area (Å²) in [7, 11) is 0. The third-order valence-corrected chi connectivity index (χ3v) is 11.6. The minimum absolute atomic E-state index is 0. The fourth-order valence-corrected chi connectivity index (χ4v) is 7.80. The van der Waals surface area contributed by atoms with Crippen molar-refractivity contribution in [1.29, 1.82) is 0 Å². The van der Waals surface area contributed by atoms with Gasteiger partial charge >= 0.3 is 123 Å². The Labute approximate surface area is 218 Å². The van der Waals surface area contributed by atoms with Gasteiger partial charge in [-0.05, 0) is 0 Å². The number of alkyl halides is 9. The molecule has 0 fully saturated rings. The molecule has 0 saturated heterocycles. The van der Waals surface area contributed by atoms with E-state index >= 15 is 0 Å². The number of halogens is 9. The summed E-state index contributed by atoms with van der Waals surface area (Å²) in [4.78, 5) is 0. The second-order valence-corrected chi connectivity index (χ2v) is 13.9. The van der Waals surface area contributed by atoms with Gasteiger partial charge < -0.3 is 16.0 Å². The van der Waals surface area contributed by atoms with Crippen LogP contribution < -0.4 is 4.40 Å². The van der Waals surface area contributed by atoms with Crippen LogP contribution in [0.15, 0.2) is 24.3 Å². The van der Waals surface area contributed by atoms with Crippen molar-refractivity contribution in [3.63, 3.8) is 0 Å². The number of nitrogens with zero attached hydrogens (tertiary/aromatic N) is 3. The van der Waals surface area contributed by atoms with Gasteiger partial charge in [0.2, 0.25) is 0 Å². The zero-order valence-corrected chi connectivity index (χ0v) is 24.9. The smallest absolute Gasteiger partial charge is 4.00 e. The van der Waals surface area contributed by atoms with Crippen molar-refractivity contribution < 1.29 is 65.7 Å². The van der Waals surface area contributed by atoms with E-state index in [0.29, 0.717) is 0 Å². The summed E-state index contributed by atoms with van der Waals surface area (Å²) in [5, 5.41) is -7.15. The van der Waals surface area contributed by atoms with E-state index in [1.54, 1.807) is 0 Å². The minimum atomic E-state index is -8.38. The molecule has 0 spiro atoms. The molecule has 0 radical (unpaired) electrons. The van der Waals surface area contributed by atoms with Crippen molar-refractivity contribution in [2.24, 2.45) is 0 Å². The number of hydrogen-bond donors (Lipinski definition) is 0. The maximum absolute atomic E-state index is 12.6. The molecule has 0 aliphatic heterocycles. The van der Waals surface area contributed by atoms with Gasteiger partial charge in [-0.3, -0.25) is 0 Å². The van der Waals surface area contributed by atoms with Gasteiger partial charge in [0, 0.05) is 0 Å². The summed E-state index contributed by atoms with van der Waals surface area (Å²) in [5.41, 5.74) is 0. The quantitative estimate of drug-likeness (QED) is 0.166. The van der Waals surface area contributed by atoms with Crippen LogP contribution in [0.5, 0.6) is 0 Å². The van der Waals surface area contributed by atoms with Gasteiger partial charge in [-0.2, -0.15) is 39.3 Å². The van der Waals surface area contributed by atoms with Crippen LogP contribution in [0.25, 0.3) is 16.0 Å². The molecule has 0 heterocycles. The SMILES string of the molecule is CC[N-]CC.CC[N-]CC.CC[N-]CC.F[C](F)(F)[Ge]([c-]1cccc1)([C](F)(F)F)[C](F)(F)F.[Zr+4]. The van der Waals surface area contributed by atoms with Crippen LogP contribution in [-0.2, 0) is 26.2 Å². The first-order valence-electron chi connectivity index (χ1n) is 10.4. The molecule has 0 saturated carbocycles. The number of hydrogen-bond acceptors (Lipinski definition) is 0. The van der Waals surface area contributed by atoms with Gasteiger partial charge in [0.25, 0.3) is 0 Å². The summed E-state index contributed by atoms with van der Waals surface area (Å²) in [6, 6.07) is 1.90. The van der Waals surface area contributed by atoms with Gasteiger partial charge in [-0.1, -0.05) is 41.5 Å². The molecular formula is C20H34F9GeN3Zr. The first-order valence-corrected chi connectivity index (χ1v) is 14.6. The van der Waals surface area contributed by atoms with Crippen molar-refractivity contribution in [3.8, 4) is 0 Å². The average molecular weight is 651 g/mol. The van der Waals surface area contributed by atoms with Crippen LogP contribution in [0, 0.1) is 0 Å². The van der Waals surface area contributed by atoms with Crippen LogP contribution in [0.1, 0.15) is 41.5 Å². The molecule has 0 aliphatic rings. The molecule has 3 nitrogen and oxygen atoms in total. The summed E-state index contributed by atoms with van der Waals surface area (Å²) in [6.07, 6.45) is 0. The molecule has 1 aromatic rings. The Morgan fingerprint density at radius 3 is 0.853 bits per heavy atom. The molecular weight excluding hydrogens is 617 g/mol. The predicted molar refractivity (Wildman–Crippen MR) is 119 cm³/mol. The van der Waals surface area contributed by atoms with E-state index in [0.717, 1.165) is 51.4 Å². The van der Waals surface area contributed by atoms with Crippen molar-refractivity contribution in [1.82, 2.24) is 0 Å². The maximum Gasteiger partial charge on any atom is 4.00 e. The van der Waals surface area contributed by atoms with Crippen LogP contribution in [0.2, 0.25) is 0 Å². The van der Waals surface area contributed by atoms with Crippen molar-refractivity contribution in [2.45, 2.75) is 56.6 Å². The third kappa shape index (κ3) is 14.6. The number of rotatable bonds is 7. The summed E-state index contributed by atoms with van der Waals surface area (Å²) >= 11 is -8.38. The van der Waals surface area contributed by atoms with Gasteiger partial charge in [0.1, 0.15) is 0 Å².